The predicted molar refractivity (Wildman–Crippen MR) is 114 cm³/mol. The Balaban J connectivity index is 1.95. The first-order valence-electron chi connectivity index (χ1n) is 8.42. The third-order valence-electron chi connectivity index (χ3n) is 3.91. The molecule has 0 radical (unpaired) electrons. The van der Waals surface area contributed by atoms with Crippen molar-refractivity contribution in [1.82, 2.24) is 4.98 Å². The van der Waals surface area contributed by atoms with Gasteiger partial charge in [-0.3, -0.25) is 9.59 Å². The molecule has 0 spiro atoms. The van der Waals surface area contributed by atoms with E-state index in [2.05, 4.69) is 28.8 Å². The molecule has 0 bridgehead atoms. The lowest BCUT2D eigenvalue weighted by Gasteiger charge is -2.07. The molecule has 0 aliphatic heterocycles. The van der Waals surface area contributed by atoms with Gasteiger partial charge in [0.1, 0.15) is 10.8 Å². The molecule has 0 atom stereocenters. The van der Waals surface area contributed by atoms with Gasteiger partial charge in [0, 0.05) is 22.5 Å². The topological polar surface area (TPSA) is 91.3 Å². The zero-order chi connectivity index (χ0) is 20.4. The normalized spacial score (nSPS) is 10.5. The second kappa shape index (κ2) is 7.66. The first-order chi connectivity index (χ1) is 13.2. The van der Waals surface area contributed by atoms with Gasteiger partial charge in [0.15, 0.2) is 0 Å². The van der Waals surface area contributed by atoms with E-state index in [-0.39, 0.29) is 17.6 Å². The van der Waals surface area contributed by atoms with Crippen molar-refractivity contribution in [1.29, 1.82) is 0 Å². The van der Waals surface area contributed by atoms with Crippen LogP contribution in [0.1, 0.15) is 13.8 Å². The van der Waals surface area contributed by atoms with E-state index in [1.54, 1.807) is 38.1 Å². The second-order valence-electron chi connectivity index (χ2n) is 6.40. The minimum absolute atomic E-state index is 0.0585. The standard InChI is InChI=1S/C21H19N3O3S/c1-11(2)19(26)22-13-5-7-17(25)15(9-13)21-24-16-10-14(6-8-18(16)28-21)23-20(27)12(3)4/h5-10,25H,1,3H2,2,4H3,(H,22,26)(H,23,27). The maximum atomic E-state index is 11.8. The Kier molecular flexibility index (Phi) is 5.28. The van der Waals surface area contributed by atoms with Crippen molar-refractivity contribution in [3.8, 4) is 16.3 Å². The number of nitrogens with one attached hydrogen (secondary N) is 2. The molecule has 3 aromatic rings. The highest BCUT2D eigenvalue weighted by atomic mass is 32.1. The third kappa shape index (κ3) is 4.10. The summed E-state index contributed by atoms with van der Waals surface area (Å²) >= 11 is 1.40. The van der Waals surface area contributed by atoms with E-state index in [1.165, 1.54) is 17.4 Å². The van der Waals surface area contributed by atoms with E-state index in [4.69, 9.17) is 0 Å². The molecule has 0 saturated heterocycles. The number of phenolic OH excluding ortho intramolecular Hbond substituents is 1. The second-order valence-corrected chi connectivity index (χ2v) is 7.43. The Morgan fingerprint density at radius 1 is 0.964 bits per heavy atom. The van der Waals surface area contributed by atoms with Gasteiger partial charge in [0.2, 0.25) is 0 Å². The molecule has 2 aromatic carbocycles. The van der Waals surface area contributed by atoms with Gasteiger partial charge in [0.25, 0.3) is 11.8 Å². The minimum Gasteiger partial charge on any atom is -0.507 e. The molecule has 1 aromatic heterocycles. The molecule has 6 nitrogen and oxygen atoms in total. The largest absolute Gasteiger partial charge is 0.507 e. The summed E-state index contributed by atoms with van der Waals surface area (Å²) in [4.78, 5) is 28.2. The zero-order valence-corrected chi connectivity index (χ0v) is 16.3. The minimum atomic E-state index is -0.293. The van der Waals surface area contributed by atoms with Crippen LogP contribution in [0, 0.1) is 0 Å². The van der Waals surface area contributed by atoms with Crippen LogP contribution in [-0.2, 0) is 9.59 Å². The molecule has 3 N–H and O–H groups in total. The van der Waals surface area contributed by atoms with E-state index in [1.807, 2.05) is 6.07 Å². The summed E-state index contributed by atoms with van der Waals surface area (Å²) in [6, 6.07) is 10.2. The number of carbonyl (C=O) groups is 2. The van der Waals surface area contributed by atoms with Crippen LogP contribution in [0.5, 0.6) is 5.75 Å². The molecule has 0 unspecified atom stereocenters. The lowest BCUT2D eigenvalue weighted by atomic mass is 10.1. The number of aromatic hydroxyl groups is 1. The van der Waals surface area contributed by atoms with Crippen molar-refractivity contribution in [2.45, 2.75) is 13.8 Å². The summed E-state index contributed by atoms with van der Waals surface area (Å²) < 4.78 is 0.902. The van der Waals surface area contributed by atoms with Crippen LogP contribution in [-0.4, -0.2) is 21.9 Å². The first kappa shape index (κ1) is 19.3. The van der Waals surface area contributed by atoms with E-state index in [0.717, 1.165) is 4.70 Å². The van der Waals surface area contributed by atoms with E-state index >= 15 is 0 Å². The summed E-state index contributed by atoms with van der Waals surface area (Å²) in [7, 11) is 0. The van der Waals surface area contributed by atoms with Gasteiger partial charge in [-0.2, -0.15) is 0 Å². The van der Waals surface area contributed by atoms with Gasteiger partial charge in [-0.25, -0.2) is 4.98 Å². The average molecular weight is 393 g/mol. The highest BCUT2D eigenvalue weighted by Crippen LogP contribution is 2.37. The number of rotatable bonds is 5. The Labute approximate surface area is 166 Å². The maximum Gasteiger partial charge on any atom is 0.250 e. The Bertz CT molecular complexity index is 1130. The molecule has 142 valence electrons. The summed E-state index contributed by atoms with van der Waals surface area (Å²) in [6.07, 6.45) is 0. The first-order valence-corrected chi connectivity index (χ1v) is 9.24. The smallest absolute Gasteiger partial charge is 0.250 e. The van der Waals surface area contributed by atoms with Crippen LogP contribution in [0.25, 0.3) is 20.8 Å². The Morgan fingerprint density at radius 3 is 2.14 bits per heavy atom. The number of phenols is 1. The quantitative estimate of drug-likeness (QED) is 0.433. The van der Waals surface area contributed by atoms with Gasteiger partial charge in [0.05, 0.1) is 15.8 Å². The number of thiazole rings is 1. The number of aromatic nitrogens is 1. The van der Waals surface area contributed by atoms with Crippen molar-refractivity contribution in [3.05, 3.63) is 60.7 Å². The maximum absolute atomic E-state index is 11.8. The van der Waals surface area contributed by atoms with Crippen LogP contribution in [0.2, 0.25) is 0 Å². The Hall–Kier alpha value is -3.45. The summed E-state index contributed by atoms with van der Waals surface area (Å²) in [5.74, 6) is -0.490. The number of carbonyl (C=O) groups excluding carboxylic acids is 2. The number of hydrogen-bond acceptors (Lipinski definition) is 5. The molecular weight excluding hydrogens is 374 g/mol. The average Bonchev–Trinajstić information content (AvgIpc) is 3.06. The fourth-order valence-corrected chi connectivity index (χ4v) is 3.35. The zero-order valence-electron chi connectivity index (χ0n) is 15.5. The molecule has 1 heterocycles. The number of amides is 2. The van der Waals surface area contributed by atoms with Crippen LogP contribution < -0.4 is 10.6 Å². The summed E-state index contributed by atoms with van der Waals surface area (Å²) in [5, 5.41) is 16.3. The van der Waals surface area contributed by atoms with Crippen LogP contribution in [0.4, 0.5) is 11.4 Å². The van der Waals surface area contributed by atoms with Crippen molar-refractivity contribution in [2.75, 3.05) is 10.6 Å². The van der Waals surface area contributed by atoms with Crippen molar-refractivity contribution < 1.29 is 14.7 Å². The number of nitrogens with zero attached hydrogens (tertiary/aromatic N) is 1. The number of benzene rings is 2. The monoisotopic (exact) mass is 393 g/mol. The number of fused-ring (bicyclic) bond motifs is 1. The number of anilines is 2. The molecule has 7 heteroatoms. The van der Waals surface area contributed by atoms with Gasteiger partial charge in [-0.05, 0) is 50.2 Å². The van der Waals surface area contributed by atoms with E-state index in [0.29, 0.717) is 38.6 Å². The third-order valence-corrected chi connectivity index (χ3v) is 4.98. The summed E-state index contributed by atoms with van der Waals surface area (Å²) in [5.41, 5.74) is 3.15. The molecule has 0 aliphatic rings. The molecule has 2 amide bonds. The van der Waals surface area contributed by atoms with Crippen LogP contribution in [0.15, 0.2) is 60.7 Å². The predicted octanol–water partition coefficient (Wildman–Crippen LogP) is 4.70. The van der Waals surface area contributed by atoms with E-state index < -0.39 is 0 Å². The van der Waals surface area contributed by atoms with Gasteiger partial charge >= 0.3 is 0 Å². The molecule has 3 rings (SSSR count). The molecule has 0 aliphatic carbocycles. The van der Waals surface area contributed by atoms with Crippen molar-refractivity contribution in [3.63, 3.8) is 0 Å². The van der Waals surface area contributed by atoms with Crippen LogP contribution >= 0.6 is 11.3 Å². The van der Waals surface area contributed by atoms with Gasteiger partial charge in [-0.15, -0.1) is 11.3 Å². The fourth-order valence-electron chi connectivity index (χ4n) is 2.38. The molecule has 0 fully saturated rings. The fraction of sp³-hybridized carbons (Fsp3) is 0.0952. The molecule has 28 heavy (non-hydrogen) atoms. The summed E-state index contributed by atoms with van der Waals surface area (Å²) in [6.45, 7) is 10.5. The van der Waals surface area contributed by atoms with Crippen molar-refractivity contribution >= 4 is 44.7 Å². The highest BCUT2D eigenvalue weighted by molar-refractivity contribution is 7.21. The number of hydrogen-bond donors (Lipinski definition) is 3. The SMILES string of the molecule is C=C(C)C(=O)Nc1ccc(O)c(-c2nc3cc(NC(=O)C(=C)C)ccc3s2)c1. The van der Waals surface area contributed by atoms with Crippen LogP contribution in [0.3, 0.4) is 0 Å². The lowest BCUT2D eigenvalue weighted by molar-refractivity contribution is -0.113. The van der Waals surface area contributed by atoms with Gasteiger partial charge in [-0.1, -0.05) is 13.2 Å². The van der Waals surface area contributed by atoms with Crippen molar-refractivity contribution in [2.24, 2.45) is 0 Å². The van der Waals surface area contributed by atoms with E-state index in [9.17, 15) is 14.7 Å². The molecular formula is C21H19N3O3S. The Morgan fingerprint density at radius 2 is 1.54 bits per heavy atom. The molecule has 0 saturated carbocycles. The lowest BCUT2D eigenvalue weighted by Crippen LogP contribution is -2.11. The van der Waals surface area contributed by atoms with Gasteiger partial charge < -0.3 is 15.7 Å². The highest BCUT2D eigenvalue weighted by Gasteiger charge is 2.13.